The molecule has 0 fully saturated rings. The molecule has 0 aliphatic heterocycles. The van der Waals surface area contributed by atoms with Crippen LogP contribution in [0, 0.1) is 10.1 Å². The maximum atomic E-state index is 12.8. The Labute approximate surface area is 184 Å². The van der Waals surface area contributed by atoms with Crippen LogP contribution in [0.1, 0.15) is 16.1 Å². The lowest BCUT2D eigenvalue weighted by Crippen LogP contribution is -2.17. The summed E-state index contributed by atoms with van der Waals surface area (Å²) in [6.07, 6.45) is 2.81. The number of halogens is 1. The molecule has 0 saturated heterocycles. The summed E-state index contributed by atoms with van der Waals surface area (Å²) in [7, 11) is 0. The molecule has 4 aromatic rings. The van der Waals surface area contributed by atoms with Gasteiger partial charge in [0.25, 0.3) is 5.91 Å². The van der Waals surface area contributed by atoms with E-state index in [0.717, 1.165) is 15.7 Å². The number of para-hydroxylation sites is 1. The first kappa shape index (κ1) is 20.2. The van der Waals surface area contributed by atoms with Crippen molar-refractivity contribution in [2.24, 2.45) is 5.10 Å². The third-order valence-corrected chi connectivity index (χ3v) is 4.78. The molecule has 2 aromatic carbocycles. The number of nitrogens with zero attached hydrogens (tertiary/aromatic N) is 4. The van der Waals surface area contributed by atoms with E-state index < -0.39 is 16.7 Å². The summed E-state index contributed by atoms with van der Waals surface area (Å²) in [5.41, 5.74) is 4.76. The molecule has 9 nitrogen and oxygen atoms in total. The maximum Gasteiger partial charge on any atom is 0.433 e. The number of hydrogen-bond acceptors (Lipinski definition) is 6. The van der Waals surface area contributed by atoms with Crippen LogP contribution >= 0.6 is 15.9 Å². The van der Waals surface area contributed by atoms with Crippen LogP contribution < -0.4 is 5.43 Å². The van der Waals surface area contributed by atoms with Crippen LogP contribution in [-0.4, -0.2) is 26.8 Å². The van der Waals surface area contributed by atoms with Crippen molar-refractivity contribution in [2.75, 3.05) is 0 Å². The summed E-state index contributed by atoms with van der Waals surface area (Å²) in [5, 5.41) is 19.1. The Hall–Kier alpha value is -4.05. The summed E-state index contributed by atoms with van der Waals surface area (Å²) in [4.78, 5) is 22.9. The van der Waals surface area contributed by atoms with Crippen LogP contribution in [0.5, 0.6) is 0 Å². The monoisotopic (exact) mass is 479 g/mol. The average Bonchev–Trinajstić information content (AvgIpc) is 3.43. The quantitative estimate of drug-likeness (QED) is 0.247. The number of hydrazone groups is 1. The van der Waals surface area contributed by atoms with E-state index in [4.69, 9.17) is 4.42 Å². The lowest BCUT2D eigenvalue weighted by atomic mass is 10.1. The molecule has 0 radical (unpaired) electrons. The standard InChI is InChI=1S/C21H14BrN5O4/c22-15-8-6-14(7-9-15)20-18(13-26(25-20)16-4-2-1-3-5-16)21(28)24-23-12-17-10-11-19(31-17)27(29)30/h1-13H,(H,24,28)/b23-12+. The molecule has 2 aromatic heterocycles. The maximum absolute atomic E-state index is 12.8. The summed E-state index contributed by atoms with van der Waals surface area (Å²) >= 11 is 3.40. The van der Waals surface area contributed by atoms with Crippen LogP contribution in [-0.2, 0) is 0 Å². The molecule has 0 spiro atoms. The number of furan rings is 1. The average molecular weight is 480 g/mol. The molecule has 10 heteroatoms. The molecule has 0 saturated carbocycles. The van der Waals surface area contributed by atoms with E-state index >= 15 is 0 Å². The second-order valence-corrected chi connectivity index (χ2v) is 7.23. The zero-order chi connectivity index (χ0) is 21.8. The minimum Gasteiger partial charge on any atom is -0.400 e. The van der Waals surface area contributed by atoms with Crippen molar-refractivity contribution in [3.8, 4) is 16.9 Å². The van der Waals surface area contributed by atoms with Gasteiger partial charge in [-0.2, -0.15) is 10.2 Å². The first-order valence-corrected chi connectivity index (χ1v) is 9.79. The van der Waals surface area contributed by atoms with Crippen LogP contribution in [0.25, 0.3) is 16.9 Å². The third kappa shape index (κ3) is 4.59. The SMILES string of the molecule is O=C(N/N=C/c1ccc([N+](=O)[O-])o1)c1cn(-c2ccccc2)nc1-c1ccc(Br)cc1. The Morgan fingerprint density at radius 3 is 2.55 bits per heavy atom. The predicted octanol–water partition coefficient (Wildman–Crippen LogP) is 4.57. The summed E-state index contributed by atoms with van der Waals surface area (Å²) in [6, 6.07) is 19.4. The smallest absolute Gasteiger partial charge is 0.400 e. The Morgan fingerprint density at radius 2 is 1.87 bits per heavy atom. The van der Waals surface area contributed by atoms with Crippen LogP contribution in [0.4, 0.5) is 5.88 Å². The second kappa shape index (κ2) is 8.76. The van der Waals surface area contributed by atoms with Crippen molar-refractivity contribution in [3.05, 3.63) is 98.8 Å². The van der Waals surface area contributed by atoms with Crippen molar-refractivity contribution >= 4 is 33.9 Å². The molecule has 0 atom stereocenters. The van der Waals surface area contributed by atoms with Crippen molar-refractivity contribution in [3.63, 3.8) is 0 Å². The molecule has 0 bridgehead atoms. The minimum atomic E-state index is -0.654. The molecule has 154 valence electrons. The van der Waals surface area contributed by atoms with E-state index in [1.54, 1.807) is 10.9 Å². The molecule has 0 unspecified atom stereocenters. The van der Waals surface area contributed by atoms with Crippen LogP contribution in [0.15, 0.2) is 86.9 Å². The Morgan fingerprint density at radius 1 is 1.13 bits per heavy atom. The molecular weight excluding hydrogens is 466 g/mol. The Balaban J connectivity index is 1.62. The Kier molecular flexibility index (Phi) is 5.72. The van der Waals surface area contributed by atoms with E-state index in [0.29, 0.717) is 11.3 Å². The van der Waals surface area contributed by atoms with E-state index in [1.807, 2.05) is 54.6 Å². The number of rotatable bonds is 6. The normalized spacial score (nSPS) is 11.0. The molecule has 4 rings (SSSR count). The van der Waals surface area contributed by atoms with Gasteiger partial charge < -0.3 is 4.42 Å². The lowest BCUT2D eigenvalue weighted by molar-refractivity contribution is -0.402. The third-order valence-electron chi connectivity index (χ3n) is 4.25. The molecule has 2 heterocycles. The van der Waals surface area contributed by atoms with E-state index in [-0.39, 0.29) is 5.76 Å². The molecule has 1 N–H and O–H groups in total. The highest BCUT2D eigenvalue weighted by molar-refractivity contribution is 9.10. The summed E-state index contributed by atoms with van der Waals surface area (Å²) in [6.45, 7) is 0. The van der Waals surface area contributed by atoms with E-state index in [2.05, 4.69) is 31.6 Å². The van der Waals surface area contributed by atoms with Gasteiger partial charge in [0.05, 0.1) is 23.5 Å². The molecule has 0 aliphatic rings. The largest absolute Gasteiger partial charge is 0.433 e. The van der Waals surface area contributed by atoms with Gasteiger partial charge in [0, 0.05) is 16.2 Å². The predicted molar refractivity (Wildman–Crippen MR) is 117 cm³/mol. The number of carbonyl (C=O) groups excluding carboxylic acids is 1. The minimum absolute atomic E-state index is 0.139. The lowest BCUT2D eigenvalue weighted by Gasteiger charge is -2.02. The topological polar surface area (TPSA) is 116 Å². The fraction of sp³-hybridized carbons (Fsp3) is 0. The van der Waals surface area contributed by atoms with Gasteiger partial charge in [-0.05, 0) is 30.3 Å². The van der Waals surface area contributed by atoms with Crippen molar-refractivity contribution in [1.82, 2.24) is 15.2 Å². The fourth-order valence-corrected chi connectivity index (χ4v) is 3.06. The zero-order valence-corrected chi connectivity index (χ0v) is 17.4. The summed E-state index contributed by atoms with van der Waals surface area (Å²) in [5.74, 6) is -0.757. The van der Waals surface area contributed by atoms with Gasteiger partial charge in [-0.25, -0.2) is 10.1 Å². The van der Waals surface area contributed by atoms with Crippen molar-refractivity contribution < 1.29 is 14.1 Å². The highest BCUT2D eigenvalue weighted by atomic mass is 79.9. The van der Waals surface area contributed by atoms with Gasteiger partial charge >= 0.3 is 5.88 Å². The van der Waals surface area contributed by atoms with Gasteiger partial charge in [-0.15, -0.1) is 0 Å². The highest BCUT2D eigenvalue weighted by Gasteiger charge is 2.18. The van der Waals surface area contributed by atoms with Gasteiger partial charge in [0.2, 0.25) is 0 Å². The Bertz CT molecular complexity index is 1260. The number of hydrogen-bond donors (Lipinski definition) is 1. The van der Waals surface area contributed by atoms with Crippen LogP contribution in [0.2, 0.25) is 0 Å². The number of amides is 1. The summed E-state index contributed by atoms with van der Waals surface area (Å²) < 4.78 is 7.50. The van der Waals surface area contributed by atoms with E-state index in [1.165, 1.54) is 18.3 Å². The molecular formula is C21H14BrN5O4. The fourth-order valence-electron chi connectivity index (χ4n) is 2.80. The first-order chi connectivity index (χ1) is 15.0. The van der Waals surface area contributed by atoms with Crippen LogP contribution in [0.3, 0.4) is 0 Å². The number of aromatic nitrogens is 2. The number of carbonyl (C=O) groups is 1. The van der Waals surface area contributed by atoms with Gasteiger partial charge in [-0.3, -0.25) is 14.9 Å². The number of nitrogens with one attached hydrogen (secondary N) is 1. The second-order valence-electron chi connectivity index (χ2n) is 6.31. The number of nitro groups is 1. The van der Waals surface area contributed by atoms with Gasteiger partial charge in [0.1, 0.15) is 10.6 Å². The number of benzene rings is 2. The highest BCUT2D eigenvalue weighted by Crippen LogP contribution is 2.25. The van der Waals surface area contributed by atoms with Gasteiger partial charge in [-0.1, -0.05) is 46.3 Å². The van der Waals surface area contributed by atoms with Crippen molar-refractivity contribution in [2.45, 2.75) is 0 Å². The molecule has 31 heavy (non-hydrogen) atoms. The van der Waals surface area contributed by atoms with Crippen molar-refractivity contribution in [1.29, 1.82) is 0 Å². The molecule has 0 aliphatic carbocycles. The van der Waals surface area contributed by atoms with E-state index in [9.17, 15) is 14.9 Å². The molecule has 1 amide bonds. The van der Waals surface area contributed by atoms with Gasteiger partial charge in [0.15, 0.2) is 5.76 Å². The zero-order valence-electron chi connectivity index (χ0n) is 15.8. The first-order valence-electron chi connectivity index (χ1n) is 9.00.